The van der Waals surface area contributed by atoms with E-state index >= 15 is 0 Å². The number of aliphatic imine (C=N–C) groups is 1. The number of guanidine groups is 1. The summed E-state index contributed by atoms with van der Waals surface area (Å²) in [5.74, 6) is 0.890. The standard InChI is InChI=1S/C21H34N4O.HI/c1-3-5-15-23-20(26)18-13-11-17(12-14-18)16-24-21(22-4-2)25-19-9-7-6-8-10-19;/h11-14,19H,3-10,15-16H2,1-2H3,(H,23,26)(H2,22,24,25);1H. The fourth-order valence-corrected chi connectivity index (χ4v) is 3.17. The molecule has 27 heavy (non-hydrogen) atoms. The molecule has 2 rings (SSSR count). The number of nitrogens with one attached hydrogen (secondary N) is 3. The van der Waals surface area contributed by atoms with Crippen LogP contribution in [0.3, 0.4) is 0 Å². The van der Waals surface area contributed by atoms with Crippen LogP contribution < -0.4 is 16.0 Å². The van der Waals surface area contributed by atoms with E-state index < -0.39 is 0 Å². The number of hydrogen-bond donors (Lipinski definition) is 3. The summed E-state index contributed by atoms with van der Waals surface area (Å²) in [5, 5.41) is 9.84. The SMILES string of the molecule is CCCCNC(=O)c1ccc(CN=C(NCC)NC2CCCCC2)cc1.I. The quantitative estimate of drug-likeness (QED) is 0.223. The molecular weight excluding hydrogens is 451 g/mol. The highest BCUT2D eigenvalue weighted by molar-refractivity contribution is 14.0. The minimum Gasteiger partial charge on any atom is -0.357 e. The van der Waals surface area contributed by atoms with Gasteiger partial charge in [-0.25, -0.2) is 4.99 Å². The summed E-state index contributed by atoms with van der Waals surface area (Å²) in [7, 11) is 0. The maximum Gasteiger partial charge on any atom is 0.251 e. The molecular formula is C21H35IN4O. The van der Waals surface area contributed by atoms with E-state index in [0.717, 1.165) is 37.5 Å². The van der Waals surface area contributed by atoms with Gasteiger partial charge in [0.05, 0.1) is 6.54 Å². The molecule has 0 aliphatic heterocycles. The average molecular weight is 486 g/mol. The third kappa shape index (κ3) is 8.95. The number of amides is 1. The molecule has 1 aromatic carbocycles. The van der Waals surface area contributed by atoms with Crippen LogP contribution in [0.5, 0.6) is 0 Å². The normalized spacial score (nSPS) is 15.0. The van der Waals surface area contributed by atoms with Crippen LogP contribution in [0.15, 0.2) is 29.3 Å². The van der Waals surface area contributed by atoms with Crippen LogP contribution >= 0.6 is 24.0 Å². The topological polar surface area (TPSA) is 65.5 Å². The maximum absolute atomic E-state index is 12.0. The van der Waals surface area contributed by atoms with Gasteiger partial charge in [0.1, 0.15) is 0 Å². The van der Waals surface area contributed by atoms with Crippen molar-refractivity contribution in [3.8, 4) is 0 Å². The lowest BCUT2D eigenvalue weighted by molar-refractivity contribution is 0.0953. The van der Waals surface area contributed by atoms with Gasteiger partial charge in [-0.15, -0.1) is 24.0 Å². The Balaban J connectivity index is 0.00000364. The van der Waals surface area contributed by atoms with Crippen LogP contribution in [0, 0.1) is 0 Å². The van der Waals surface area contributed by atoms with E-state index in [0.29, 0.717) is 18.2 Å². The average Bonchev–Trinajstić information content (AvgIpc) is 2.67. The Morgan fingerprint density at radius 3 is 2.41 bits per heavy atom. The summed E-state index contributed by atoms with van der Waals surface area (Å²) in [4.78, 5) is 16.8. The van der Waals surface area contributed by atoms with Crippen molar-refractivity contribution in [3.05, 3.63) is 35.4 Å². The Bertz CT molecular complexity index is 568. The number of rotatable bonds is 8. The first-order chi connectivity index (χ1) is 12.7. The molecule has 1 saturated carbocycles. The smallest absolute Gasteiger partial charge is 0.251 e. The molecule has 0 unspecified atom stereocenters. The van der Waals surface area contributed by atoms with E-state index in [1.165, 1.54) is 32.1 Å². The van der Waals surface area contributed by atoms with E-state index in [1.807, 2.05) is 24.3 Å². The van der Waals surface area contributed by atoms with Crippen molar-refractivity contribution in [1.82, 2.24) is 16.0 Å². The first kappa shape index (κ1) is 23.7. The fourth-order valence-electron chi connectivity index (χ4n) is 3.17. The maximum atomic E-state index is 12.0. The second-order valence-corrected chi connectivity index (χ2v) is 6.98. The highest BCUT2D eigenvalue weighted by atomic mass is 127. The highest BCUT2D eigenvalue weighted by Crippen LogP contribution is 2.17. The molecule has 152 valence electrons. The van der Waals surface area contributed by atoms with Gasteiger partial charge in [0.2, 0.25) is 0 Å². The van der Waals surface area contributed by atoms with Crippen LogP contribution in [0.25, 0.3) is 0 Å². The minimum absolute atomic E-state index is 0. The summed E-state index contributed by atoms with van der Waals surface area (Å²) >= 11 is 0. The van der Waals surface area contributed by atoms with Gasteiger partial charge in [-0.3, -0.25) is 4.79 Å². The fraction of sp³-hybridized carbons (Fsp3) is 0.619. The lowest BCUT2D eigenvalue weighted by atomic mass is 9.96. The van der Waals surface area contributed by atoms with Gasteiger partial charge in [0, 0.05) is 24.7 Å². The Labute approximate surface area is 181 Å². The predicted molar refractivity (Wildman–Crippen MR) is 124 cm³/mol. The van der Waals surface area contributed by atoms with Gasteiger partial charge in [0.25, 0.3) is 5.91 Å². The molecule has 0 radical (unpaired) electrons. The molecule has 6 heteroatoms. The van der Waals surface area contributed by atoms with Crippen molar-refractivity contribution in [3.63, 3.8) is 0 Å². The summed E-state index contributed by atoms with van der Waals surface area (Å²) in [5.41, 5.74) is 1.82. The number of carbonyl (C=O) groups is 1. The first-order valence-corrected chi connectivity index (χ1v) is 10.1. The van der Waals surface area contributed by atoms with Crippen LogP contribution in [0.2, 0.25) is 0 Å². The monoisotopic (exact) mass is 486 g/mol. The summed E-state index contributed by atoms with van der Waals surface area (Å²) in [6.45, 7) is 6.41. The second kappa shape index (κ2) is 13.8. The molecule has 3 N–H and O–H groups in total. The zero-order valence-electron chi connectivity index (χ0n) is 16.7. The van der Waals surface area contributed by atoms with Crippen molar-refractivity contribution in [2.75, 3.05) is 13.1 Å². The van der Waals surface area contributed by atoms with E-state index in [4.69, 9.17) is 4.99 Å². The first-order valence-electron chi connectivity index (χ1n) is 10.1. The third-order valence-electron chi connectivity index (χ3n) is 4.74. The molecule has 0 heterocycles. The molecule has 1 aromatic rings. The summed E-state index contributed by atoms with van der Waals surface area (Å²) < 4.78 is 0. The number of hydrogen-bond acceptors (Lipinski definition) is 2. The Morgan fingerprint density at radius 1 is 1.07 bits per heavy atom. The van der Waals surface area contributed by atoms with E-state index in [1.54, 1.807) is 0 Å². The highest BCUT2D eigenvalue weighted by Gasteiger charge is 2.14. The molecule has 1 fully saturated rings. The van der Waals surface area contributed by atoms with Crippen LogP contribution in [0.4, 0.5) is 0 Å². The lowest BCUT2D eigenvalue weighted by Crippen LogP contribution is -2.44. The predicted octanol–water partition coefficient (Wildman–Crippen LogP) is 4.22. The van der Waals surface area contributed by atoms with E-state index in [-0.39, 0.29) is 29.9 Å². The summed E-state index contributed by atoms with van der Waals surface area (Å²) in [6, 6.07) is 8.28. The van der Waals surface area contributed by atoms with Gasteiger partial charge >= 0.3 is 0 Å². The number of nitrogens with zero attached hydrogens (tertiary/aromatic N) is 1. The Kier molecular flexibility index (Phi) is 12.1. The molecule has 1 amide bonds. The largest absolute Gasteiger partial charge is 0.357 e. The van der Waals surface area contributed by atoms with E-state index in [2.05, 4.69) is 29.8 Å². The number of benzene rings is 1. The molecule has 0 saturated heterocycles. The molecule has 5 nitrogen and oxygen atoms in total. The molecule has 0 atom stereocenters. The van der Waals surface area contributed by atoms with Crippen molar-refractivity contribution in [1.29, 1.82) is 0 Å². The summed E-state index contributed by atoms with van der Waals surface area (Å²) in [6.07, 6.45) is 8.51. The van der Waals surface area contributed by atoms with E-state index in [9.17, 15) is 4.79 Å². The molecule has 1 aliphatic carbocycles. The third-order valence-corrected chi connectivity index (χ3v) is 4.74. The van der Waals surface area contributed by atoms with Gasteiger partial charge in [-0.05, 0) is 43.9 Å². The molecule has 1 aliphatic rings. The second-order valence-electron chi connectivity index (χ2n) is 6.98. The Morgan fingerprint density at radius 2 is 1.78 bits per heavy atom. The number of carbonyl (C=O) groups excluding carboxylic acids is 1. The van der Waals surface area contributed by atoms with Gasteiger partial charge in [-0.2, -0.15) is 0 Å². The molecule has 0 bridgehead atoms. The number of halogens is 1. The van der Waals surface area contributed by atoms with Crippen molar-refractivity contribution < 1.29 is 4.79 Å². The zero-order chi connectivity index (χ0) is 18.6. The van der Waals surface area contributed by atoms with Crippen molar-refractivity contribution >= 4 is 35.8 Å². The van der Waals surface area contributed by atoms with Crippen LogP contribution in [-0.4, -0.2) is 31.0 Å². The molecule has 0 aromatic heterocycles. The van der Waals surface area contributed by atoms with Gasteiger partial charge in [0.15, 0.2) is 5.96 Å². The van der Waals surface area contributed by atoms with Crippen LogP contribution in [0.1, 0.15) is 74.7 Å². The van der Waals surface area contributed by atoms with Crippen molar-refractivity contribution in [2.45, 2.75) is 71.4 Å². The Hall–Kier alpha value is -1.31. The molecule has 0 spiro atoms. The van der Waals surface area contributed by atoms with Crippen LogP contribution in [-0.2, 0) is 6.54 Å². The minimum atomic E-state index is 0. The number of unbranched alkanes of at least 4 members (excludes halogenated alkanes) is 1. The lowest BCUT2D eigenvalue weighted by Gasteiger charge is -2.24. The van der Waals surface area contributed by atoms with Gasteiger partial charge in [-0.1, -0.05) is 44.7 Å². The van der Waals surface area contributed by atoms with Gasteiger partial charge < -0.3 is 16.0 Å². The zero-order valence-corrected chi connectivity index (χ0v) is 19.1. The van der Waals surface area contributed by atoms with Crippen molar-refractivity contribution in [2.24, 2.45) is 4.99 Å².